The summed E-state index contributed by atoms with van der Waals surface area (Å²) in [6, 6.07) is 20.7. The molecule has 7 heteroatoms. The second kappa shape index (κ2) is 8.01. The van der Waals surface area contributed by atoms with E-state index in [0.717, 1.165) is 57.6 Å². The van der Waals surface area contributed by atoms with Crippen LogP contribution in [0, 0.1) is 11.3 Å². The lowest BCUT2D eigenvalue weighted by molar-refractivity contribution is 0.535. The predicted molar refractivity (Wildman–Crippen MR) is 129 cm³/mol. The Bertz CT molecular complexity index is 1490. The smallest absolute Gasteiger partial charge is 0.162 e. The fraction of sp³-hybridized carbons (Fsp3) is 0.154. The topological polar surface area (TPSA) is 82.1 Å². The summed E-state index contributed by atoms with van der Waals surface area (Å²) in [5.74, 6) is 0. The first-order valence-electron chi connectivity index (χ1n) is 11.0. The van der Waals surface area contributed by atoms with Gasteiger partial charge < -0.3 is 10.2 Å². The number of para-hydroxylation sites is 1. The maximum Gasteiger partial charge on any atom is 0.162 e. The molecule has 1 atom stereocenters. The third-order valence-electron chi connectivity index (χ3n) is 6.22. The summed E-state index contributed by atoms with van der Waals surface area (Å²) in [4.78, 5) is 11.4. The Balaban J connectivity index is 1.34. The number of rotatable bonds is 3. The summed E-state index contributed by atoms with van der Waals surface area (Å²) in [6.45, 7) is 2.40. The Morgan fingerprint density at radius 2 is 1.82 bits per heavy atom. The minimum absolute atomic E-state index is 0.144. The number of nitrogens with one attached hydrogen (secondary N) is 1. The molecule has 7 nitrogen and oxygen atoms in total. The zero-order valence-electron chi connectivity index (χ0n) is 17.9. The lowest BCUT2D eigenvalue weighted by Crippen LogP contribution is -2.50. The van der Waals surface area contributed by atoms with Crippen molar-refractivity contribution in [2.45, 2.75) is 6.04 Å². The van der Waals surface area contributed by atoms with Crippen LogP contribution in [0.2, 0.25) is 0 Å². The van der Waals surface area contributed by atoms with Crippen molar-refractivity contribution < 1.29 is 0 Å². The molecule has 1 unspecified atom stereocenters. The average molecular weight is 432 g/mol. The van der Waals surface area contributed by atoms with Gasteiger partial charge in [0.2, 0.25) is 0 Å². The van der Waals surface area contributed by atoms with E-state index in [4.69, 9.17) is 4.98 Å². The number of benzene rings is 2. The zero-order valence-corrected chi connectivity index (χ0v) is 17.9. The van der Waals surface area contributed by atoms with Gasteiger partial charge in [-0.05, 0) is 35.4 Å². The van der Waals surface area contributed by atoms with Crippen LogP contribution in [0.25, 0.3) is 38.8 Å². The molecule has 0 aliphatic carbocycles. The summed E-state index contributed by atoms with van der Waals surface area (Å²) in [6.07, 6.45) is 7.59. The van der Waals surface area contributed by atoms with E-state index >= 15 is 0 Å². The van der Waals surface area contributed by atoms with Crippen LogP contribution in [0.3, 0.4) is 0 Å². The van der Waals surface area contributed by atoms with E-state index in [1.54, 1.807) is 0 Å². The molecule has 1 N–H and O–H groups in total. The number of piperazine rings is 1. The van der Waals surface area contributed by atoms with Gasteiger partial charge in [-0.2, -0.15) is 10.4 Å². The first-order valence-corrected chi connectivity index (χ1v) is 11.0. The monoisotopic (exact) mass is 431 g/mol. The van der Waals surface area contributed by atoms with Crippen LogP contribution in [0.15, 0.2) is 79.4 Å². The van der Waals surface area contributed by atoms with Crippen molar-refractivity contribution in [3.63, 3.8) is 0 Å². The Hall–Kier alpha value is -4.28. The Kier molecular flexibility index (Phi) is 4.71. The number of fused-ring (bicyclic) bond motifs is 2. The van der Waals surface area contributed by atoms with Gasteiger partial charge in [0.25, 0.3) is 0 Å². The van der Waals surface area contributed by atoms with Gasteiger partial charge in [0.05, 0.1) is 17.8 Å². The lowest BCUT2D eigenvalue weighted by atomic mass is 10.0. The molecular weight excluding hydrogens is 410 g/mol. The standard InChI is InChI=1S/C26H21N7/c27-13-21-15-28-11-12-32(21)20-7-5-18(6-8-20)19-14-30-26-24(16-31-33(26)17-19)22-9-10-29-25-4-2-1-3-23(22)25/h1-10,14,16-17,21,28H,11-12,15H2. The van der Waals surface area contributed by atoms with Gasteiger partial charge >= 0.3 is 0 Å². The van der Waals surface area contributed by atoms with Crippen LogP contribution in [0.1, 0.15) is 0 Å². The first-order chi connectivity index (χ1) is 16.3. The number of pyridine rings is 1. The summed E-state index contributed by atoms with van der Waals surface area (Å²) < 4.78 is 1.83. The molecule has 0 amide bonds. The molecule has 1 saturated heterocycles. The normalized spacial score (nSPS) is 16.2. The molecule has 4 heterocycles. The van der Waals surface area contributed by atoms with Gasteiger partial charge in [-0.15, -0.1) is 0 Å². The highest BCUT2D eigenvalue weighted by Gasteiger charge is 2.22. The fourth-order valence-electron chi connectivity index (χ4n) is 4.52. The number of hydrogen-bond donors (Lipinski definition) is 1. The SMILES string of the molecule is N#CC1CNCCN1c1ccc(-c2cnc3c(-c4ccnc5ccccc45)cnn3c2)cc1. The van der Waals surface area contributed by atoms with Crippen molar-refractivity contribution in [1.29, 1.82) is 5.26 Å². The summed E-state index contributed by atoms with van der Waals surface area (Å²) in [5, 5.41) is 18.4. The van der Waals surface area contributed by atoms with E-state index in [0.29, 0.717) is 6.54 Å². The molecule has 0 spiro atoms. The fourth-order valence-corrected chi connectivity index (χ4v) is 4.52. The number of aromatic nitrogens is 4. The summed E-state index contributed by atoms with van der Waals surface area (Å²) in [7, 11) is 0. The highest BCUT2D eigenvalue weighted by molar-refractivity contribution is 5.97. The zero-order chi connectivity index (χ0) is 22.2. The molecule has 0 radical (unpaired) electrons. The largest absolute Gasteiger partial charge is 0.353 e. The van der Waals surface area contributed by atoms with Crippen LogP contribution < -0.4 is 10.2 Å². The summed E-state index contributed by atoms with van der Waals surface area (Å²) in [5.41, 5.74) is 6.93. The number of nitriles is 1. The number of hydrogen-bond acceptors (Lipinski definition) is 6. The van der Waals surface area contributed by atoms with E-state index in [1.165, 1.54) is 0 Å². The molecule has 160 valence electrons. The van der Waals surface area contributed by atoms with Crippen molar-refractivity contribution in [2.24, 2.45) is 0 Å². The van der Waals surface area contributed by atoms with Crippen LogP contribution in [-0.2, 0) is 0 Å². The van der Waals surface area contributed by atoms with Crippen molar-refractivity contribution in [3.05, 3.63) is 79.4 Å². The highest BCUT2D eigenvalue weighted by Crippen LogP contribution is 2.31. The lowest BCUT2D eigenvalue weighted by Gasteiger charge is -2.34. The van der Waals surface area contributed by atoms with Gasteiger partial charge in [0, 0.05) is 60.4 Å². The first kappa shape index (κ1) is 19.4. The minimum atomic E-state index is -0.144. The van der Waals surface area contributed by atoms with Gasteiger partial charge in [0.15, 0.2) is 5.65 Å². The third kappa shape index (κ3) is 3.37. The third-order valence-corrected chi connectivity index (χ3v) is 6.22. The molecule has 6 rings (SSSR count). The van der Waals surface area contributed by atoms with Crippen LogP contribution in [-0.4, -0.2) is 45.3 Å². The molecule has 33 heavy (non-hydrogen) atoms. The predicted octanol–water partition coefficient (Wildman–Crippen LogP) is 3.91. The van der Waals surface area contributed by atoms with Gasteiger partial charge in [-0.3, -0.25) is 4.98 Å². The number of nitrogens with zero attached hydrogens (tertiary/aromatic N) is 6. The Morgan fingerprint density at radius 1 is 0.939 bits per heavy atom. The van der Waals surface area contributed by atoms with Crippen molar-refractivity contribution >= 4 is 22.2 Å². The van der Waals surface area contributed by atoms with Gasteiger partial charge in [-0.25, -0.2) is 9.50 Å². The number of anilines is 1. The second-order valence-corrected chi connectivity index (χ2v) is 8.13. The van der Waals surface area contributed by atoms with E-state index in [-0.39, 0.29) is 6.04 Å². The Labute approximate surface area is 190 Å². The average Bonchev–Trinajstić information content (AvgIpc) is 3.31. The minimum Gasteiger partial charge on any atom is -0.353 e. The van der Waals surface area contributed by atoms with E-state index in [2.05, 4.69) is 56.7 Å². The second-order valence-electron chi connectivity index (χ2n) is 8.13. The van der Waals surface area contributed by atoms with Crippen LogP contribution in [0.4, 0.5) is 5.69 Å². The van der Waals surface area contributed by atoms with Crippen molar-refractivity contribution in [3.8, 4) is 28.3 Å². The maximum atomic E-state index is 9.45. The molecule has 1 aliphatic heterocycles. The molecule has 1 aliphatic rings. The quantitative estimate of drug-likeness (QED) is 0.466. The molecular formula is C26H21N7. The van der Waals surface area contributed by atoms with Gasteiger partial charge in [0.1, 0.15) is 6.04 Å². The van der Waals surface area contributed by atoms with E-state index in [1.807, 2.05) is 53.6 Å². The van der Waals surface area contributed by atoms with Crippen molar-refractivity contribution in [1.82, 2.24) is 24.9 Å². The van der Waals surface area contributed by atoms with E-state index in [9.17, 15) is 5.26 Å². The summed E-state index contributed by atoms with van der Waals surface area (Å²) >= 11 is 0. The highest BCUT2D eigenvalue weighted by atomic mass is 15.2. The molecule has 2 aromatic carbocycles. The Morgan fingerprint density at radius 3 is 2.70 bits per heavy atom. The van der Waals surface area contributed by atoms with Crippen LogP contribution in [0.5, 0.6) is 0 Å². The molecule has 1 fully saturated rings. The molecule has 0 bridgehead atoms. The van der Waals surface area contributed by atoms with Gasteiger partial charge in [-0.1, -0.05) is 30.3 Å². The molecule has 0 saturated carbocycles. The molecule has 5 aromatic rings. The molecule has 3 aromatic heterocycles. The van der Waals surface area contributed by atoms with Crippen molar-refractivity contribution in [2.75, 3.05) is 24.5 Å². The maximum absolute atomic E-state index is 9.45. The van der Waals surface area contributed by atoms with Crippen LogP contribution >= 0.6 is 0 Å². The van der Waals surface area contributed by atoms with E-state index < -0.39 is 0 Å².